The monoisotopic (exact) mass is 249 g/mol. The molecule has 0 aromatic rings. The molecular weight excluding hydrogens is 232 g/mol. The van der Waals surface area contributed by atoms with Gasteiger partial charge in [-0.2, -0.15) is 0 Å². The predicted octanol–water partition coefficient (Wildman–Crippen LogP) is -4.74. The minimum atomic E-state index is -4.36. The third-order valence-corrected chi connectivity index (χ3v) is 3.04. The summed E-state index contributed by atoms with van der Waals surface area (Å²) in [6.45, 7) is 6.48. The maximum Gasteiger partial charge on any atom is 1.00 e. The van der Waals surface area contributed by atoms with Gasteiger partial charge in [0.05, 0.1) is 16.0 Å². The average Bonchev–Trinajstić information content (AvgIpc) is 1.96. The van der Waals surface area contributed by atoms with Crippen LogP contribution < -0.4 is 37.7 Å². The number of carbonyl (C=O) groups excluding carboxylic acids is 1. The summed E-state index contributed by atoms with van der Waals surface area (Å²) in [6.07, 6.45) is 0.641. The zero-order valence-electron chi connectivity index (χ0n) is 11.5. The first kappa shape index (κ1) is 22.7. The van der Waals surface area contributed by atoms with Gasteiger partial charge in [-0.05, 0) is 12.3 Å². The molecule has 0 fully saturated rings. The number of carbonyl (C=O) groups is 1. The fraction of sp³-hybridized carbons (Fsp3) is 0.889. The summed E-state index contributed by atoms with van der Waals surface area (Å²) < 4.78 is 31.6. The van der Waals surface area contributed by atoms with Gasteiger partial charge in [0.1, 0.15) is 0 Å². The minimum Gasteiger partial charge on any atom is -0.748 e. The van der Waals surface area contributed by atoms with Gasteiger partial charge in [0.2, 0.25) is 0 Å². The van der Waals surface area contributed by atoms with Crippen molar-refractivity contribution in [3.8, 4) is 0 Å². The SMILES string of the molecule is CCC(C)C(=O)[N-]C(C)(C)CS(=O)(=O)[O-].[Li+].[Li+]. The van der Waals surface area contributed by atoms with Crippen LogP contribution in [0.1, 0.15) is 34.1 Å². The zero-order chi connectivity index (χ0) is 12.3. The van der Waals surface area contributed by atoms with Crippen molar-refractivity contribution in [2.24, 2.45) is 5.92 Å². The second kappa shape index (κ2) is 8.64. The quantitative estimate of drug-likeness (QED) is 0.361. The molecule has 17 heavy (non-hydrogen) atoms. The molecule has 0 aliphatic heterocycles. The van der Waals surface area contributed by atoms with E-state index < -0.39 is 21.4 Å². The van der Waals surface area contributed by atoms with E-state index in [-0.39, 0.29) is 49.5 Å². The molecule has 0 aromatic heterocycles. The van der Waals surface area contributed by atoms with Gasteiger partial charge in [-0.25, -0.2) is 8.42 Å². The van der Waals surface area contributed by atoms with E-state index in [4.69, 9.17) is 0 Å². The first-order chi connectivity index (χ1) is 6.57. The van der Waals surface area contributed by atoms with Gasteiger partial charge >= 0.3 is 37.7 Å². The van der Waals surface area contributed by atoms with Crippen molar-refractivity contribution in [2.45, 2.75) is 39.7 Å². The van der Waals surface area contributed by atoms with Crippen LogP contribution in [0.2, 0.25) is 0 Å². The van der Waals surface area contributed by atoms with Gasteiger partial charge in [-0.15, -0.1) is 0 Å². The number of amides is 1. The van der Waals surface area contributed by atoms with Crippen molar-refractivity contribution in [3.05, 3.63) is 5.32 Å². The maximum absolute atomic E-state index is 11.4. The van der Waals surface area contributed by atoms with Gasteiger partial charge in [-0.1, -0.05) is 33.2 Å². The second-order valence-electron chi connectivity index (χ2n) is 4.27. The molecule has 0 spiro atoms. The van der Waals surface area contributed by atoms with Crippen LogP contribution in [0.15, 0.2) is 0 Å². The van der Waals surface area contributed by atoms with Crippen molar-refractivity contribution >= 4 is 16.0 Å². The van der Waals surface area contributed by atoms with Gasteiger partial charge in [0, 0.05) is 5.75 Å². The maximum atomic E-state index is 11.4. The molecule has 0 saturated carbocycles. The first-order valence-electron chi connectivity index (χ1n) is 4.77. The van der Waals surface area contributed by atoms with E-state index in [0.29, 0.717) is 6.42 Å². The van der Waals surface area contributed by atoms with Crippen LogP contribution in [0.25, 0.3) is 5.32 Å². The fourth-order valence-electron chi connectivity index (χ4n) is 1.05. The molecule has 0 aliphatic rings. The fourth-order valence-corrected chi connectivity index (χ4v) is 1.98. The Labute approximate surface area is 128 Å². The number of hydrogen-bond donors (Lipinski definition) is 0. The van der Waals surface area contributed by atoms with Gasteiger partial charge < -0.3 is 14.7 Å². The van der Waals surface area contributed by atoms with Crippen molar-refractivity contribution in [1.82, 2.24) is 0 Å². The molecule has 0 radical (unpaired) electrons. The predicted molar refractivity (Wildman–Crippen MR) is 56.5 cm³/mol. The van der Waals surface area contributed by atoms with E-state index in [0.717, 1.165) is 0 Å². The molecule has 0 aromatic carbocycles. The average molecular weight is 249 g/mol. The van der Waals surface area contributed by atoms with Crippen LogP contribution in [-0.4, -0.2) is 30.2 Å². The summed E-state index contributed by atoms with van der Waals surface area (Å²) >= 11 is 0. The Bertz CT molecular complexity index is 330. The van der Waals surface area contributed by atoms with Crippen molar-refractivity contribution < 1.29 is 55.5 Å². The molecule has 1 amide bonds. The Morgan fingerprint density at radius 2 is 1.76 bits per heavy atom. The van der Waals surface area contributed by atoms with E-state index in [1.165, 1.54) is 13.8 Å². The van der Waals surface area contributed by atoms with Gasteiger partial charge in [0.15, 0.2) is 0 Å². The van der Waals surface area contributed by atoms with Crippen LogP contribution in [0.5, 0.6) is 0 Å². The Morgan fingerprint density at radius 3 is 2.06 bits per heavy atom. The van der Waals surface area contributed by atoms with Crippen molar-refractivity contribution in [3.63, 3.8) is 0 Å². The Kier molecular flexibility index (Phi) is 11.5. The molecule has 0 saturated heterocycles. The number of hydrogen-bond acceptors (Lipinski definition) is 4. The van der Waals surface area contributed by atoms with Crippen molar-refractivity contribution in [1.29, 1.82) is 0 Å². The summed E-state index contributed by atoms with van der Waals surface area (Å²) in [7, 11) is -4.36. The molecular formula is C9H17Li2NO4S. The Hall–Kier alpha value is 0.575. The van der Waals surface area contributed by atoms with Gasteiger partial charge in [-0.3, -0.25) is 0 Å². The molecule has 0 aliphatic carbocycles. The van der Waals surface area contributed by atoms with E-state index in [9.17, 15) is 17.8 Å². The molecule has 0 rings (SSSR count). The standard InChI is InChI=1S/C9H19NO4S.2Li/c1-5-7(2)8(11)10-9(3,4)6-15(12,13)14;;/h7H,5-6H2,1-4H3,(H2,10,11,12,13,14);;/q;2*+1/p-2. The van der Waals surface area contributed by atoms with Crippen LogP contribution in [0.4, 0.5) is 0 Å². The minimum absolute atomic E-state index is 0. The third-order valence-electron chi connectivity index (χ3n) is 1.98. The molecule has 8 heteroatoms. The van der Waals surface area contributed by atoms with E-state index in [1.807, 2.05) is 6.92 Å². The molecule has 1 atom stereocenters. The summed E-state index contributed by atoms with van der Waals surface area (Å²) in [5.41, 5.74) is -1.14. The smallest absolute Gasteiger partial charge is 0.748 e. The molecule has 90 valence electrons. The molecule has 0 N–H and O–H groups in total. The Balaban J connectivity index is -0.000000980. The number of nitrogens with zero attached hydrogens (tertiary/aromatic N) is 1. The zero-order valence-corrected chi connectivity index (χ0v) is 12.3. The normalized spacial score (nSPS) is 13.0. The number of rotatable bonds is 5. The van der Waals surface area contributed by atoms with Crippen LogP contribution >= 0.6 is 0 Å². The second-order valence-corrected chi connectivity index (χ2v) is 5.68. The largest absolute Gasteiger partial charge is 1.00 e. The van der Waals surface area contributed by atoms with E-state index >= 15 is 0 Å². The van der Waals surface area contributed by atoms with Crippen LogP contribution in [0.3, 0.4) is 0 Å². The van der Waals surface area contributed by atoms with E-state index in [2.05, 4.69) is 5.32 Å². The van der Waals surface area contributed by atoms with Crippen LogP contribution in [-0.2, 0) is 14.9 Å². The first-order valence-corrected chi connectivity index (χ1v) is 6.35. The molecule has 5 nitrogen and oxygen atoms in total. The van der Waals surface area contributed by atoms with E-state index in [1.54, 1.807) is 6.92 Å². The Morgan fingerprint density at radius 1 is 1.35 bits per heavy atom. The third kappa shape index (κ3) is 11.4. The van der Waals surface area contributed by atoms with Gasteiger partial charge in [0.25, 0.3) is 0 Å². The summed E-state index contributed by atoms with van der Waals surface area (Å²) in [5, 5.41) is 3.75. The summed E-state index contributed by atoms with van der Waals surface area (Å²) in [5.74, 6) is -1.24. The van der Waals surface area contributed by atoms with Crippen molar-refractivity contribution in [2.75, 3.05) is 5.75 Å². The molecule has 0 bridgehead atoms. The van der Waals surface area contributed by atoms with Crippen LogP contribution in [0, 0.1) is 5.92 Å². The topological polar surface area (TPSA) is 88.4 Å². The summed E-state index contributed by atoms with van der Waals surface area (Å²) in [4.78, 5) is 11.4. The molecule has 0 heterocycles. The summed E-state index contributed by atoms with van der Waals surface area (Å²) in [6, 6.07) is 0. The molecule has 1 unspecified atom stereocenters.